The number of rotatable bonds is 2. The van der Waals surface area contributed by atoms with Crippen molar-refractivity contribution in [2.45, 2.75) is 20.0 Å². The van der Waals surface area contributed by atoms with Gasteiger partial charge in [-0.2, -0.15) is 11.8 Å². The molecule has 5 nitrogen and oxygen atoms in total. The number of benzene rings is 1. The van der Waals surface area contributed by atoms with Gasteiger partial charge in [-0.05, 0) is 37.6 Å². The van der Waals surface area contributed by atoms with Crippen LogP contribution in [0.5, 0.6) is 0 Å². The van der Waals surface area contributed by atoms with Crippen molar-refractivity contribution >= 4 is 29.2 Å². The maximum atomic E-state index is 12.4. The first-order valence-corrected chi connectivity index (χ1v) is 9.40. The molecule has 0 radical (unpaired) electrons. The van der Waals surface area contributed by atoms with Crippen LogP contribution in [-0.4, -0.2) is 61.3 Å². The molecule has 0 aliphatic carbocycles. The summed E-state index contributed by atoms with van der Waals surface area (Å²) in [6.45, 7) is 8.16. The molecule has 2 fully saturated rings. The number of carbonyl (C=O) groups excluding carboxylic acids is 1. The molecule has 1 aromatic carbocycles. The van der Waals surface area contributed by atoms with Crippen molar-refractivity contribution in [3.63, 3.8) is 0 Å². The van der Waals surface area contributed by atoms with Crippen LogP contribution in [0.15, 0.2) is 18.2 Å². The molecule has 0 aromatic heterocycles. The minimum atomic E-state index is -0.0367. The largest absolute Gasteiger partial charge is 0.375 e. The van der Waals surface area contributed by atoms with E-state index in [2.05, 4.69) is 29.3 Å². The highest BCUT2D eigenvalue weighted by Gasteiger charge is 2.22. The number of thioether (sulfide) groups is 1. The highest BCUT2D eigenvalue weighted by atomic mass is 32.2. The lowest BCUT2D eigenvalue weighted by Crippen LogP contribution is -2.46. The number of anilines is 2. The standard InChI is InChI=1S/C17H25N3O2S/c1-13-11-15(19-6-9-23-10-7-19)3-4-16(13)18-17(21)20-5-8-22-14(2)12-20/h3-4,11,14H,5-10,12H2,1-2H3,(H,18,21)/t14-/m1/s1. The van der Waals surface area contributed by atoms with Gasteiger partial charge in [-0.25, -0.2) is 4.79 Å². The highest BCUT2D eigenvalue weighted by molar-refractivity contribution is 7.99. The lowest BCUT2D eigenvalue weighted by Gasteiger charge is -2.31. The van der Waals surface area contributed by atoms with E-state index in [1.165, 1.54) is 17.2 Å². The lowest BCUT2D eigenvalue weighted by molar-refractivity contribution is -0.00138. The highest BCUT2D eigenvalue weighted by Crippen LogP contribution is 2.25. The molecule has 2 saturated heterocycles. The first kappa shape index (κ1) is 16.5. The van der Waals surface area contributed by atoms with Gasteiger partial charge in [0.05, 0.1) is 12.7 Å². The van der Waals surface area contributed by atoms with Gasteiger partial charge in [-0.3, -0.25) is 0 Å². The molecule has 2 amide bonds. The average Bonchev–Trinajstić information content (AvgIpc) is 2.57. The summed E-state index contributed by atoms with van der Waals surface area (Å²) in [6, 6.07) is 6.27. The molecule has 1 atom stereocenters. The Balaban J connectivity index is 1.64. The van der Waals surface area contributed by atoms with Gasteiger partial charge in [0.25, 0.3) is 0 Å². The Kier molecular flexibility index (Phi) is 5.33. The fraction of sp³-hybridized carbons (Fsp3) is 0.588. The third-order valence-electron chi connectivity index (χ3n) is 4.36. The second-order valence-electron chi connectivity index (χ2n) is 6.16. The Labute approximate surface area is 142 Å². The Morgan fingerprint density at radius 2 is 2.09 bits per heavy atom. The minimum Gasteiger partial charge on any atom is -0.375 e. The normalized spacial score (nSPS) is 22.1. The summed E-state index contributed by atoms with van der Waals surface area (Å²) in [4.78, 5) is 16.6. The summed E-state index contributed by atoms with van der Waals surface area (Å²) in [5.41, 5.74) is 3.25. The molecule has 2 heterocycles. The van der Waals surface area contributed by atoms with Crippen LogP contribution in [0.2, 0.25) is 0 Å². The van der Waals surface area contributed by atoms with Gasteiger partial charge in [0, 0.05) is 49.1 Å². The number of carbonyl (C=O) groups is 1. The Morgan fingerprint density at radius 1 is 1.30 bits per heavy atom. The number of hydrogen-bond acceptors (Lipinski definition) is 4. The molecule has 1 aromatic rings. The smallest absolute Gasteiger partial charge is 0.322 e. The zero-order chi connectivity index (χ0) is 16.2. The Hall–Kier alpha value is -1.40. The molecular weight excluding hydrogens is 310 g/mol. The van der Waals surface area contributed by atoms with E-state index in [0.717, 1.165) is 24.3 Å². The number of aryl methyl sites for hydroxylation is 1. The van der Waals surface area contributed by atoms with E-state index in [4.69, 9.17) is 4.74 Å². The minimum absolute atomic E-state index is 0.0367. The quantitative estimate of drug-likeness (QED) is 0.903. The van der Waals surface area contributed by atoms with Gasteiger partial charge < -0.3 is 19.9 Å². The SMILES string of the molecule is Cc1cc(N2CCSCC2)ccc1NC(=O)N1CCO[C@H](C)C1. The Bertz CT molecular complexity index is 561. The van der Waals surface area contributed by atoms with E-state index < -0.39 is 0 Å². The first-order chi connectivity index (χ1) is 11.1. The zero-order valence-electron chi connectivity index (χ0n) is 13.9. The number of nitrogens with one attached hydrogen (secondary N) is 1. The predicted octanol–water partition coefficient (Wildman–Crippen LogP) is 2.80. The molecule has 2 aliphatic heterocycles. The van der Waals surface area contributed by atoms with Crippen molar-refractivity contribution in [2.24, 2.45) is 0 Å². The van der Waals surface area contributed by atoms with Crippen molar-refractivity contribution in [1.29, 1.82) is 0 Å². The van der Waals surface area contributed by atoms with E-state index in [0.29, 0.717) is 19.7 Å². The van der Waals surface area contributed by atoms with Crippen molar-refractivity contribution in [3.8, 4) is 0 Å². The summed E-state index contributed by atoms with van der Waals surface area (Å²) in [7, 11) is 0. The average molecular weight is 335 g/mol. The maximum Gasteiger partial charge on any atom is 0.322 e. The van der Waals surface area contributed by atoms with Gasteiger partial charge in [0.2, 0.25) is 0 Å². The van der Waals surface area contributed by atoms with Crippen LogP contribution in [0.1, 0.15) is 12.5 Å². The van der Waals surface area contributed by atoms with Crippen LogP contribution >= 0.6 is 11.8 Å². The summed E-state index contributed by atoms with van der Waals surface area (Å²) in [5.74, 6) is 2.37. The fourth-order valence-electron chi connectivity index (χ4n) is 3.00. The summed E-state index contributed by atoms with van der Waals surface area (Å²) >= 11 is 2.01. The van der Waals surface area contributed by atoms with Crippen LogP contribution in [0, 0.1) is 6.92 Å². The van der Waals surface area contributed by atoms with Gasteiger partial charge in [-0.1, -0.05) is 0 Å². The number of morpholine rings is 1. The molecule has 3 rings (SSSR count). The van der Waals surface area contributed by atoms with Gasteiger partial charge in [0.1, 0.15) is 0 Å². The van der Waals surface area contributed by atoms with Crippen LogP contribution in [0.4, 0.5) is 16.2 Å². The predicted molar refractivity (Wildman–Crippen MR) is 96.7 cm³/mol. The van der Waals surface area contributed by atoms with E-state index in [1.807, 2.05) is 29.7 Å². The van der Waals surface area contributed by atoms with Crippen molar-refractivity contribution in [3.05, 3.63) is 23.8 Å². The van der Waals surface area contributed by atoms with Crippen LogP contribution in [-0.2, 0) is 4.74 Å². The van der Waals surface area contributed by atoms with Crippen molar-refractivity contribution in [1.82, 2.24) is 4.90 Å². The molecular formula is C17H25N3O2S. The fourth-order valence-corrected chi connectivity index (χ4v) is 3.91. The molecule has 0 saturated carbocycles. The molecule has 23 heavy (non-hydrogen) atoms. The number of ether oxygens (including phenoxy) is 1. The van der Waals surface area contributed by atoms with Gasteiger partial charge >= 0.3 is 6.03 Å². The second-order valence-corrected chi connectivity index (χ2v) is 7.38. The van der Waals surface area contributed by atoms with Crippen LogP contribution in [0.3, 0.4) is 0 Å². The molecule has 0 unspecified atom stereocenters. The monoisotopic (exact) mass is 335 g/mol. The van der Waals surface area contributed by atoms with Crippen molar-refractivity contribution in [2.75, 3.05) is 54.5 Å². The van der Waals surface area contributed by atoms with Gasteiger partial charge in [0.15, 0.2) is 0 Å². The van der Waals surface area contributed by atoms with Crippen LogP contribution in [0.25, 0.3) is 0 Å². The third kappa shape index (κ3) is 4.12. The molecule has 126 valence electrons. The lowest BCUT2D eigenvalue weighted by atomic mass is 10.1. The number of urea groups is 1. The number of nitrogens with zero attached hydrogens (tertiary/aromatic N) is 2. The maximum absolute atomic E-state index is 12.4. The number of hydrogen-bond donors (Lipinski definition) is 1. The van der Waals surface area contributed by atoms with Crippen LogP contribution < -0.4 is 10.2 Å². The number of amides is 2. The van der Waals surface area contributed by atoms with Crippen molar-refractivity contribution < 1.29 is 9.53 Å². The molecule has 1 N–H and O–H groups in total. The van der Waals surface area contributed by atoms with E-state index in [9.17, 15) is 4.79 Å². The first-order valence-electron chi connectivity index (χ1n) is 8.24. The van der Waals surface area contributed by atoms with Gasteiger partial charge in [-0.15, -0.1) is 0 Å². The second kappa shape index (κ2) is 7.45. The summed E-state index contributed by atoms with van der Waals surface area (Å²) < 4.78 is 5.49. The third-order valence-corrected chi connectivity index (χ3v) is 5.30. The molecule has 2 aliphatic rings. The zero-order valence-corrected chi connectivity index (χ0v) is 14.7. The molecule has 0 spiro atoms. The summed E-state index contributed by atoms with van der Waals surface area (Å²) in [6.07, 6.45) is 0.106. The Morgan fingerprint density at radius 3 is 2.78 bits per heavy atom. The molecule has 6 heteroatoms. The topological polar surface area (TPSA) is 44.8 Å². The molecule has 0 bridgehead atoms. The van der Waals surface area contributed by atoms with E-state index in [1.54, 1.807) is 0 Å². The van der Waals surface area contributed by atoms with E-state index >= 15 is 0 Å². The summed E-state index contributed by atoms with van der Waals surface area (Å²) in [5, 5.41) is 3.04. The van der Waals surface area contributed by atoms with E-state index in [-0.39, 0.29) is 12.1 Å².